The van der Waals surface area contributed by atoms with Crippen molar-refractivity contribution in [2.75, 3.05) is 24.7 Å². The van der Waals surface area contributed by atoms with Crippen molar-refractivity contribution in [2.45, 2.75) is 63.9 Å². The average Bonchev–Trinajstić information content (AvgIpc) is 3.24. The van der Waals surface area contributed by atoms with Gasteiger partial charge in [-0.3, -0.25) is 9.36 Å². The van der Waals surface area contributed by atoms with Crippen molar-refractivity contribution in [1.82, 2.24) is 24.6 Å². The third-order valence-corrected chi connectivity index (χ3v) is 5.99. The fourth-order valence-corrected chi connectivity index (χ4v) is 4.13. The number of nitrogens with zero attached hydrogens (tertiary/aromatic N) is 4. The maximum atomic E-state index is 15.5. The summed E-state index contributed by atoms with van der Waals surface area (Å²) in [6.45, 7) is 5.60. The molecular weight excluding hydrogens is 460 g/mol. The van der Waals surface area contributed by atoms with Gasteiger partial charge in [0.05, 0.1) is 12.4 Å². The number of aliphatic hydroxyl groups is 1. The van der Waals surface area contributed by atoms with Crippen LogP contribution < -0.4 is 16.1 Å². The minimum atomic E-state index is -2.52. The number of anilines is 2. The quantitative estimate of drug-likeness (QED) is 0.292. The minimum Gasteiger partial charge on any atom is -0.462 e. The number of carbonyl (C=O) groups is 1. The molecule has 182 valence electrons. The van der Waals surface area contributed by atoms with Crippen molar-refractivity contribution in [3.63, 3.8) is 0 Å². The van der Waals surface area contributed by atoms with Gasteiger partial charge in [-0.15, -0.1) is 4.52 Å². The first-order valence-electron chi connectivity index (χ1n) is 10.2. The zero-order valence-electron chi connectivity index (χ0n) is 18.9. The van der Waals surface area contributed by atoms with Crippen LogP contribution in [0.25, 0.3) is 11.2 Å². The van der Waals surface area contributed by atoms with Crippen LogP contribution in [-0.4, -0.2) is 74.3 Å². The number of hydrogen-bond donors (Lipinski definition) is 4. The maximum absolute atomic E-state index is 15.5. The summed E-state index contributed by atoms with van der Waals surface area (Å²) in [5.41, 5.74) is 4.02. The number of nitrogens with two attached hydrogens (primary N) is 1. The topological polar surface area (TPSA) is 176 Å². The van der Waals surface area contributed by atoms with Gasteiger partial charge in [-0.25, -0.2) is 9.37 Å². The Balaban J connectivity index is 1.70. The number of halogens is 1. The van der Waals surface area contributed by atoms with Gasteiger partial charge in [0.1, 0.15) is 24.9 Å². The zero-order valence-corrected chi connectivity index (χ0v) is 19.7. The molecule has 6 atom stereocenters. The minimum absolute atomic E-state index is 0.0548. The number of nitrogen functional groups attached to an aromatic ring is 1. The average molecular weight is 488 g/mol. The summed E-state index contributed by atoms with van der Waals surface area (Å²) < 4.78 is 44.9. The van der Waals surface area contributed by atoms with E-state index in [1.165, 1.54) is 24.7 Å². The molecule has 2 aromatic heterocycles. The number of carbonyl (C=O) groups excluding carboxylic acids is 1. The summed E-state index contributed by atoms with van der Waals surface area (Å²) >= 11 is 0. The van der Waals surface area contributed by atoms with Crippen molar-refractivity contribution >= 4 is 37.1 Å². The van der Waals surface area contributed by atoms with Crippen molar-refractivity contribution in [1.29, 1.82) is 0 Å². The summed E-state index contributed by atoms with van der Waals surface area (Å²) in [7, 11) is -0.895. The number of ether oxygens (including phenoxy) is 2. The molecule has 0 bridgehead atoms. The number of alkyl halides is 1. The van der Waals surface area contributed by atoms with Gasteiger partial charge in [-0.05, 0) is 32.3 Å². The third-order valence-electron chi connectivity index (χ3n) is 5.01. The van der Waals surface area contributed by atoms with Crippen LogP contribution in [0.3, 0.4) is 0 Å². The van der Waals surface area contributed by atoms with E-state index in [1.54, 1.807) is 20.9 Å². The van der Waals surface area contributed by atoms with Crippen LogP contribution in [0.4, 0.5) is 16.2 Å². The fourth-order valence-electron chi connectivity index (χ4n) is 3.35. The largest absolute Gasteiger partial charge is 0.613 e. The van der Waals surface area contributed by atoms with Gasteiger partial charge in [-0.1, -0.05) is 5.09 Å². The Labute approximate surface area is 190 Å². The highest BCUT2D eigenvalue weighted by atomic mass is 31.1. The molecule has 0 amide bonds. The summed E-state index contributed by atoms with van der Waals surface area (Å²) in [4.78, 5) is 24.2. The van der Waals surface area contributed by atoms with Gasteiger partial charge in [0.2, 0.25) is 5.95 Å². The monoisotopic (exact) mass is 488 g/mol. The van der Waals surface area contributed by atoms with Crippen LogP contribution in [0.15, 0.2) is 6.33 Å². The first-order chi connectivity index (χ1) is 15.4. The molecule has 0 aliphatic carbocycles. The third kappa shape index (κ3) is 5.20. The first-order valence-corrected chi connectivity index (χ1v) is 11.4. The van der Waals surface area contributed by atoms with E-state index in [1.807, 2.05) is 0 Å². The molecule has 0 radical (unpaired) electrons. The highest BCUT2D eigenvalue weighted by molar-refractivity contribution is 7.36. The number of rotatable bonds is 9. The molecule has 0 spiro atoms. The van der Waals surface area contributed by atoms with Crippen LogP contribution in [0, 0.1) is 0 Å². The number of fused-ring (bicyclic) bond motifs is 1. The van der Waals surface area contributed by atoms with Crippen LogP contribution in [0.2, 0.25) is 0 Å². The lowest BCUT2D eigenvalue weighted by Crippen LogP contribution is -2.40. The fraction of sp³-hybridized carbons (Fsp3) is 0.667. The van der Waals surface area contributed by atoms with Crippen molar-refractivity contribution in [2.24, 2.45) is 0 Å². The van der Waals surface area contributed by atoms with Gasteiger partial charge in [0.15, 0.2) is 28.9 Å². The van der Waals surface area contributed by atoms with Crippen LogP contribution in [0.5, 0.6) is 0 Å². The lowest BCUT2D eigenvalue weighted by atomic mass is 9.98. The van der Waals surface area contributed by atoms with Crippen molar-refractivity contribution < 1.29 is 32.9 Å². The van der Waals surface area contributed by atoms with Crippen molar-refractivity contribution in [3.05, 3.63) is 6.33 Å². The SMILES string of the molecule is CNc1nc(N)nc2c1ncn2[C@@H]1OC(CO[P+](=O)N[C@@H](C)C(=O)OC(C)C)[C@@H](O)[C@@]1(C)F. The molecule has 0 saturated carbocycles. The van der Waals surface area contributed by atoms with Gasteiger partial charge >= 0.3 is 14.1 Å². The summed E-state index contributed by atoms with van der Waals surface area (Å²) in [5.74, 6) is -0.302. The molecule has 1 saturated heterocycles. The highest BCUT2D eigenvalue weighted by Crippen LogP contribution is 2.43. The number of hydrogen-bond acceptors (Lipinski definition) is 11. The molecule has 3 heterocycles. The second-order valence-corrected chi connectivity index (χ2v) is 9.05. The first kappa shape index (κ1) is 25.1. The standard InChI is InChI=1S/C18H28FN7O6P/c1-8(2)31-15(28)9(3)25-33(29)30-6-10-12(27)18(4,19)16(32-10)26-7-22-11-13(21-5)23-17(20)24-14(11)26/h7-10,12,16,27H,6H2,1-5H3,(H,25,29)(H3,20,21,23,24)/q+1/t9-,10?,12+,16+,18+/m0/s1. The number of esters is 1. The Morgan fingerprint density at radius 1 is 1.45 bits per heavy atom. The number of aliphatic hydroxyl groups excluding tert-OH is 1. The summed E-state index contributed by atoms with van der Waals surface area (Å²) in [6, 6.07) is -0.895. The number of imidazole rings is 1. The Bertz CT molecular complexity index is 1040. The molecule has 2 aromatic rings. The maximum Gasteiger partial charge on any atom is 0.613 e. The molecule has 1 aliphatic rings. The zero-order chi connectivity index (χ0) is 24.5. The van der Waals surface area contributed by atoms with E-state index < -0.39 is 50.9 Å². The summed E-state index contributed by atoms with van der Waals surface area (Å²) in [6.07, 6.45) is -3.12. The molecule has 33 heavy (non-hydrogen) atoms. The van der Waals surface area contributed by atoms with Crippen LogP contribution >= 0.6 is 8.18 Å². The van der Waals surface area contributed by atoms with E-state index in [2.05, 4.69) is 25.4 Å². The van der Waals surface area contributed by atoms with E-state index in [4.69, 9.17) is 19.7 Å². The van der Waals surface area contributed by atoms with Gasteiger partial charge in [-0.2, -0.15) is 9.97 Å². The van der Waals surface area contributed by atoms with Gasteiger partial charge in [0.25, 0.3) is 0 Å². The van der Waals surface area contributed by atoms with Crippen LogP contribution in [-0.2, 0) is 23.4 Å². The summed E-state index contributed by atoms with van der Waals surface area (Å²) in [5, 5.41) is 15.8. The molecule has 15 heteroatoms. The molecule has 13 nitrogen and oxygen atoms in total. The Morgan fingerprint density at radius 3 is 2.79 bits per heavy atom. The molecule has 1 aliphatic heterocycles. The Kier molecular flexibility index (Phi) is 7.44. The molecule has 3 rings (SSSR count). The second-order valence-electron chi connectivity index (χ2n) is 8.02. The predicted octanol–water partition coefficient (Wildman–Crippen LogP) is 1.04. The van der Waals surface area contributed by atoms with E-state index in [9.17, 15) is 14.5 Å². The molecule has 0 aromatic carbocycles. The molecule has 5 N–H and O–H groups in total. The van der Waals surface area contributed by atoms with E-state index in [0.717, 1.165) is 0 Å². The van der Waals surface area contributed by atoms with E-state index in [0.29, 0.717) is 11.3 Å². The molecule has 1 fully saturated rings. The van der Waals surface area contributed by atoms with Crippen molar-refractivity contribution in [3.8, 4) is 0 Å². The number of aromatic nitrogens is 4. The normalized spacial score (nSPS) is 26.5. The van der Waals surface area contributed by atoms with Crippen LogP contribution in [0.1, 0.15) is 33.9 Å². The second kappa shape index (κ2) is 9.77. The molecular formula is C18H28FN7O6P+. The lowest BCUT2D eigenvalue weighted by Gasteiger charge is -2.24. The Morgan fingerprint density at radius 2 is 2.15 bits per heavy atom. The highest BCUT2D eigenvalue weighted by Gasteiger charge is 2.56. The van der Waals surface area contributed by atoms with Gasteiger partial charge in [0, 0.05) is 7.05 Å². The van der Waals surface area contributed by atoms with E-state index in [-0.39, 0.29) is 17.7 Å². The Hall–Kier alpha value is -2.51. The molecule has 2 unspecified atom stereocenters. The predicted molar refractivity (Wildman–Crippen MR) is 116 cm³/mol. The smallest absolute Gasteiger partial charge is 0.462 e. The van der Waals surface area contributed by atoms with Gasteiger partial charge < -0.3 is 25.6 Å². The lowest BCUT2D eigenvalue weighted by molar-refractivity contribution is -0.149. The number of nitrogens with one attached hydrogen (secondary N) is 2. The van der Waals surface area contributed by atoms with E-state index >= 15 is 4.39 Å².